The van der Waals surface area contributed by atoms with Crippen LogP contribution in [0.2, 0.25) is 0 Å². The molecule has 0 aliphatic heterocycles. The molecule has 2 aromatic rings. The number of carbonyl (C=O) groups is 2. The quantitative estimate of drug-likeness (QED) is 0.754. The number of aromatic hydroxyl groups is 1. The molecule has 2 amide bonds. The van der Waals surface area contributed by atoms with Gasteiger partial charge in [0.2, 0.25) is 0 Å². The van der Waals surface area contributed by atoms with Crippen molar-refractivity contribution >= 4 is 11.8 Å². The van der Waals surface area contributed by atoms with Crippen LogP contribution in [0.5, 0.6) is 11.5 Å². The van der Waals surface area contributed by atoms with Crippen LogP contribution in [0, 0.1) is 6.92 Å². The molecule has 0 atom stereocenters. The number of phenolic OH excluding ortho intramolecular Hbond substituents is 1. The predicted octanol–water partition coefficient (Wildman–Crippen LogP) is 1.78. The van der Waals surface area contributed by atoms with Gasteiger partial charge in [-0.2, -0.15) is 0 Å². The van der Waals surface area contributed by atoms with Gasteiger partial charge < -0.3 is 9.84 Å². The zero-order valence-corrected chi connectivity index (χ0v) is 12.2. The maximum absolute atomic E-state index is 12.0. The summed E-state index contributed by atoms with van der Waals surface area (Å²) < 4.78 is 5.03. The number of aryl methyl sites for hydroxylation is 1. The molecule has 114 valence electrons. The summed E-state index contributed by atoms with van der Waals surface area (Å²) in [6.45, 7) is 1.68. The molecule has 6 nitrogen and oxygen atoms in total. The van der Waals surface area contributed by atoms with Gasteiger partial charge in [-0.3, -0.25) is 20.4 Å². The number of amides is 2. The van der Waals surface area contributed by atoms with E-state index < -0.39 is 11.8 Å². The molecule has 0 spiro atoms. The van der Waals surface area contributed by atoms with E-state index in [1.807, 2.05) is 0 Å². The van der Waals surface area contributed by atoms with Crippen molar-refractivity contribution in [3.8, 4) is 11.5 Å². The maximum atomic E-state index is 12.0. The largest absolute Gasteiger partial charge is 0.507 e. The molecule has 0 aliphatic carbocycles. The molecule has 0 aliphatic rings. The standard InChI is InChI=1S/C16H16N2O4/c1-10-5-3-8-13(14(10)19)16(21)18-17-15(20)11-6-4-7-12(9-11)22-2/h3-9,19H,1-2H3,(H,17,20)(H,18,21). The number of ether oxygens (including phenoxy) is 1. The van der Waals surface area contributed by atoms with E-state index in [1.54, 1.807) is 43.3 Å². The summed E-state index contributed by atoms with van der Waals surface area (Å²) in [6.07, 6.45) is 0. The maximum Gasteiger partial charge on any atom is 0.273 e. The first kappa shape index (κ1) is 15.4. The average molecular weight is 300 g/mol. The molecule has 0 heterocycles. The van der Waals surface area contributed by atoms with Crippen molar-refractivity contribution < 1.29 is 19.4 Å². The van der Waals surface area contributed by atoms with Crippen LogP contribution in [0.4, 0.5) is 0 Å². The van der Waals surface area contributed by atoms with E-state index in [1.165, 1.54) is 13.2 Å². The minimum atomic E-state index is -0.600. The number of nitrogens with one attached hydrogen (secondary N) is 2. The fourth-order valence-corrected chi connectivity index (χ4v) is 1.86. The van der Waals surface area contributed by atoms with Crippen molar-refractivity contribution in [1.82, 2.24) is 10.9 Å². The smallest absolute Gasteiger partial charge is 0.273 e. The second-order valence-electron chi connectivity index (χ2n) is 4.61. The summed E-state index contributed by atoms with van der Waals surface area (Å²) in [5.74, 6) is -0.664. The molecule has 0 unspecified atom stereocenters. The van der Waals surface area contributed by atoms with E-state index in [0.29, 0.717) is 16.9 Å². The third kappa shape index (κ3) is 3.35. The highest BCUT2D eigenvalue weighted by molar-refractivity contribution is 6.00. The van der Waals surface area contributed by atoms with Gasteiger partial charge in [-0.25, -0.2) is 0 Å². The Balaban J connectivity index is 2.04. The first-order valence-electron chi connectivity index (χ1n) is 6.56. The number of hydrogen-bond donors (Lipinski definition) is 3. The van der Waals surface area contributed by atoms with E-state index in [0.717, 1.165) is 0 Å². The second-order valence-corrected chi connectivity index (χ2v) is 4.61. The molecule has 0 saturated carbocycles. The number of carbonyl (C=O) groups excluding carboxylic acids is 2. The summed E-state index contributed by atoms with van der Waals surface area (Å²) in [6, 6.07) is 11.3. The molecular formula is C16H16N2O4. The van der Waals surface area contributed by atoms with Crippen molar-refractivity contribution in [2.45, 2.75) is 6.92 Å². The molecule has 0 fully saturated rings. The van der Waals surface area contributed by atoms with Gasteiger partial charge in [0.15, 0.2) is 0 Å². The molecule has 0 saturated heterocycles. The molecule has 22 heavy (non-hydrogen) atoms. The van der Waals surface area contributed by atoms with Crippen molar-refractivity contribution in [1.29, 1.82) is 0 Å². The zero-order chi connectivity index (χ0) is 16.1. The van der Waals surface area contributed by atoms with Crippen molar-refractivity contribution in [2.24, 2.45) is 0 Å². The monoisotopic (exact) mass is 300 g/mol. The molecule has 0 aromatic heterocycles. The molecule has 2 aromatic carbocycles. The molecule has 3 N–H and O–H groups in total. The third-order valence-electron chi connectivity index (χ3n) is 3.10. The van der Waals surface area contributed by atoms with Gasteiger partial charge >= 0.3 is 0 Å². The van der Waals surface area contributed by atoms with E-state index in [4.69, 9.17) is 4.74 Å². The summed E-state index contributed by atoms with van der Waals surface area (Å²) in [5.41, 5.74) is 5.56. The van der Waals surface area contributed by atoms with Crippen molar-refractivity contribution in [3.05, 3.63) is 59.2 Å². The Hall–Kier alpha value is -3.02. The van der Waals surface area contributed by atoms with E-state index in [-0.39, 0.29) is 11.3 Å². The second kappa shape index (κ2) is 6.62. The molecule has 0 bridgehead atoms. The molecule has 0 radical (unpaired) electrons. The molecule has 6 heteroatoms. The lowest BCUT2D eigenvalue weighted by atomic mass is 10.1. The molecular weight excluding hydrogens is 284 g/mol. The lowest BCUT2D eigenvalue weighted by Gasteiger charge is -2.10. The van der Waals surface area contributed by atoms with Crippen LogP contribution >= 0.6 is 0 Å². The van der Waals surface area contributed by atoms with Crippen LogP contribution in [0.1, 0.15) is 26.3 Å². The first-order valence-corrected chi connectivity index (χ1v) is 6.56. The highest BCUT2D eigenvalue weighted by atomic mass is 16.5. The Morgan fingerprint density at radius 1 is 1.05 bits per heavy atom. The zero-order valence-electron chi connectivity index (χ0n) is 12.2. The van der Waals surface area contributed by atoms with Crippen LogP contribution in [0.3, 0.4) is 0 Å². The van der Waals surface area contributed by atoms with Crippen LogP contribution in [0.25, 0.3) is 0 Å². The van der Waals surface area contributed by atoms with Gasteiger partial charge in [-0.15, -0.1) is 0 Å². The number of para-hydroxylation sites is 1. The highest BCUT2D eigenvalue weighted by Crippen LogP contribution is 2.20. The van der Waals surface area contributed by atoms with E-state index >= 15 is 0 Å². The summed E-state index contributed by atoms with van der Waals surface area (Å²) in [7, 11) is 1.50. The Bertz CT molecular complexity index is 713. The average Bonchev–Trinajstić information content (AvgIpc) is 2.54. The minimum absolute atomic E-state index is 0.0888. The number of phenols is 1. The highest BCUT2D eigenvalue weighted by Gasteiger charge is 2.14. The number of rotatable bonds is 3. The van der Waals surface area contributed by atoms with Gasteiger partial charge in [0, 0.05) is 5.56 Å². The van der Waals surface area contributed by atoms with Gasteiger partial charge in [0.05, 0.1) is 12.7 Å². The van der Waals surface area contributed by atoms with Crippen LogP contribution < -0.4 is 15.6 Å². The fraction of sp³-hybridized carbons (Fsp3) is 0.125. The van der Waals surface area contributed by atoms with Gasteiger partial charge in [0.1, 0.15) is 11.5 Å². The summed E-state index contributed by atoms with van der Waals surface area (Å²) in [4.78, 5) is 23.9. The van der Waals surface area contributed by atoms with Gasteiger partial charge in [-0.05, 0) is 36.8 Å². The summed E-state index contributed by atoms with van der Waals surface area (Å²) >= 11 is 0. The minimum Gasteiger partial charge on any atom is -0.507 e. The normalized spacial score (nSPS) is 9.91. The lowest BCUT2D eigenvalue weighted by Crippen LogP contribution is -2.41. The van der Waals surface area contributed by atoms with Crippen LogP contribution in [-0.2, 0) is 0 Å². The lowest BCUT2D eigenvalue weighted by molar-refractivity contribution is 0.0845. The predicted molar refractivity (Wildman–Crippen MR) is 80.8 cm³/mol. The fourth-order valence-electron chi connectivity index (χ4n) is 1.86. The summed E-state index contributed by atoms with van der Waals surface area (Å²) in [5, 5.41) is 9.83. The number of hydrazine groups is 1. The van der Waals surface area contributed by atoms with Gasteiger partial charge in [0.25, 0.3) is 11.8 Å². The number of hydrogen-bond acceptors (Lipinski definition) is 4. The SMILES string of the molecule is COc1cccc(C(=O)NNC(=O)c2cccc(C)c2O)c1. The molecule has 2 rings (SSSR count). The van der Waals surface area contributed by atoms with Crippen LogP contribution in [-0.4, -0.2) is 24.0 Å². The van der Waals surface area contributed by atoms with Gasteiger partial charge in [-0.1, -0.05) is 18.2 Å². The first-order chi connectivity index (χ1) is 10.5. The van der Waals surface area contributed by atoms with E-state index in [9.17, 15) is 14.7 Å². The van der Waals surface area contributed by atoms with Crippen molar-refractivity contribution in [2.75, 3.05) is 7.11 Å². The number of benzene rings is 2. The Kier molecular flexibility index (Phi) is 4.63. The number of methoxy groups -OCH3 is 1. The van der Waals surface area contributed by atoms with Crippen LogP contribution in [0.15, 0.2) is 42.5 Å². The Labute approximate surface area is 127 Å². The Morgan fingerprint density at radius 3 is 2.45 bits per heavy atom. The van der Waals surface area contributed by atoms with E-state index in [2.05, 4.69) is 10.9 Å². The Morgan fingerprint density at radius 2 is 1.73 bits per heavy atom. The van der Waals surface area contributed by atoms with Crippen molar-refractivity contribution in [3.63, 3.8) is 0 Å². The topological polar surface area (TPSA) is 87.7 Å². The third-order valence-corrected chi connectivity index (χ3v) is 3.10.